The number of hydrogen-bond donors (Lipinski definition) is 1. The molecule has 1 unspecified atom stereocenters. The first-order valence-corrected chi connectivity index (χ1v) is 8.64. The summed E-state index contributed by atoms with van der Waals surface area (Å²) < 4.78 is 5.57. The van der Waals surface area contributed by atoms with Gasteiger partial charge in [-0.3, -0.25) is 0 Å². The van der Waals surface area contributed by atoms with Gasteiger partial charge in [-0.25, -0.2) is 4.79 Å². The molecule has 0 radical (unpaired) electrons. The molecule has 2 atom stereocenters. The molecule has 128 valence electrons. The Morgan fingerprint density at radius 1 is 1.26 bits per heavy atom. The van der Waals surface area contributed by atoms with Crippen LogP contribution in [0.1, 0.15) is 52.5 Å². The van der Waals surface area contributed by atoms with Crippen LogP contribution in [0.4, 0.5) is 4.79 Å². The highest BCUT2D eigenvalue weighted by Crippen LogP contribution is 2.20. The topological polar surface area (TPSA) is 41.6 Å². The number of nitrogens with zero attached hydrogens (tertiary/aromatic N) is 1. The Bertz CT molecular complexity index is 496. The maximum Gasteiger partial charge on any atom is 0.410 e. The minimum atomic E-state index is -0.448. The van der Waals surface area contributed by atoms with Crippen molar-refractivity contribution in [3.8, 4) is 0 Å². The van der Waals surface area contributed by atoms with Crippen LogP contribution >= 0.6 is 0 Å². The lowest BCUT2D eigenvalue weighted by molar-refractivity contribution is 0.0157. The van der Waals surface area contributed by atoms with E-state index in [1.54, 1.807) is 0 Å². The molecule has 1 aromatic carbocycles. The molecule has 1 N–H and O–H groups in total. The summed E-state index contributed by atoms with van der Waals surface area (Å²) in [6, 6.07) is 10.8. The third kappa shape index (κ3) is 5.54. The quantitative estimate of drug-likeness (QED) is 0.917. The molecule has 1 aromatic rings. The minimum absolute atomic E-state index is 0.135. The lowest BCUT2D eigenvalue weighted by Gasteiger charge is -2.34. The van der Waals surface area contributed by atoms with Crippen LogP contribution in [0.25, 0.3) is 0 Å². The largest absolute Gasteiger partial charge is 0.444 e. The molecule has 0 saturated carbocycles. The fourth-order valence-electron chi connectivity index (χ4n) is 3.00. The van der Waals surface area contributed by atoms with Crippen LogP contribution in [0.3, 0.4) is 0 Å². The maximum absolute atomic E-state index is 12.5. The van der Waals surface area contributed by atoms with Crippen molar-refractivity contribution in [1.82, 2.24) is 10.2 Å². The van der Waals surface area contributed by atoms with Crippen molar-refractivity contribution in [1.29, 1.82) is 0 Å². The van der Waals surface area contributed by atoms with Crippen LogP contribution in [0.5, 0.6) is 0 Å². The van der Waals surface area contributed by atoms with Gasteiger partial charge in [0.1, 0.15) is 5.60 Å². The number of carbonyl (C=O) groups is 1. The highest BCUT2D eigenvalue weighted by Gasteiger charge is 2.32. The summed E-state index contributed by atoms with van der Waals surface area (Å²) in [5.74, 6) is 0. The van der Waals surface area contributed by atoms with Crippen molar-refractivity contribution in [2.24, 2.45) is 0 Å². The normalized spacial score (nSPS) is 22.5. The standard InChI is InChI=1S/C19H30N2O2/c1-15-17(20-14-16-10-6-5-7-11-16)12-8-9-13-21(15)18(22)23-19(2,3)4/h5-7,10-11,15,17,20H,8-9,12-14H2,1-4H3/t15?,17-/m1/s1. The van der Waals surface area contributed by atoms with Gasteiger partial charge in [-0.1, -0.05) is 36.8 Å². The minimum Gasteiger partial charge on any atom is -0.444 e. The van der Waals surface area contributed by atoms with Gasteiger partial charge in [0.25, 0.3) is 0 Å². The van der Waals surface area contributed by atoms with E-state index in [0.717, 1.165) is 32.4 Å². The summed E-state index contributed by atoms with van der Waals surface area (Å²) in [5, 5.41) is 3.63. The Morgan fingerprint density at radius 2 is 1.96 bits per heavy atom. The zero-order valence-electron chi connectivity index (χ0n) is 14.8. The number of likely N-dealkylation sites (tertiary alicyclic amines) is 1. The average Bonchev–Trinajstić information content (AvgIpc) is 2.66. The smallest absolute Gasteiger partial charge is 0.410 e. The van der Waals surface area contributed by atoms with Crippen LogP contribution in [0.2, 0.25) is 0 Å². The van der Waals surface area contributed by atoms with Gasteiger partial charge in [0.2, 0.25) is 0 Å². The van der Waals surface area contributed by atoms with Crippen LogP contribution in [-0.2, 0) is 11.3 Å². The van der Waals surface area contributed by atoms with E-state index in [2.05, 4.69) is 36.5 Å². The molecule has 4 nitrogen and oxygen atoms in total. The molecule has 2 rings (SSSR count). The van der Waals surface area contributed by atoms with E-state index in [9.17, 15) is 4.79 Å². The number of amides is 1. The molecule has 1 aliphatic rings. The van der Waals surface area contributed by atoms with E-state index in [-0.39, 0.29) is 12.1 Å². The van der Waals surface area contributed by atoms with Crippen LogP contribution < -0.4 is 5.32 Å². The number of ether oxygens (including phenoxy) is 1. The van der Waals surface area contributed by atoms with Crippen molar-refractivity contribution in [2.75, 3.05) is 6.54 Å². The summed E-state index contributed by atoms with van der Waals surface area (Å²) in [6.45, 7) is 9.48. The van der Waals surface area contributed by atoms with Crippen LogP contribution in [-0.4, -0.2) is 35.2 Å². The zero-order valence-corrected chi connectivity index (χ0v) is 14.8. The Labute approximate surface area is 140 Å². The summed E-state index contributed by atoms with van der Waals surface area (Å²) in [6.07, 6.45) is 3.06. The first kappa shape index (κ1) is 17.8. The highest BCUT2D eigenvalue weighted by molar-refractivity contribution is 5.68. The maximum atomic E-state index is 12.5. The first-order chi connectivity index (χ1) is 10.9. The van der Waals surface area contributed by atoms with Crippen molar-refractivity contribution >= 4 is 6.09 Å². The van der Waals surface area contributed by atoms with Gasteiger partial charge in [0.05, 0.1) is 0 Å². The molecule has 4 heteroatoms. The number of benzene rings is 1. The zero-order chi connectivity index (χ0) is 16.9. The molecule has 0 bridgehead atoms. The highest BCUT2D eigenvalue weighted by atomic mass is 16.6. The Hall–Kier alpha value is -1.55. The molecular weight excluding hydrogens is 288 g/mol. The van der Waals surface area contributed by atoms with E-state index in [1.165, 1.54) is 5.56 Å². The number of carbonyl (C=O) groups excluding carboxylic acids is 1. The molecule has 0 spiro atoms. The van der Waals surface area contributed by atoms with Crippen molar-refractivity contribution < 1.29 is 9.53 Å². The molecule has 1 saturated heterocycles. The molecule has 1 amide bonds. The molecule has 0 aromatic heterocycles. The number of rotatable bonds is 3. The molecule has 23 heavy (non-hydrogen) atoms. The first-order valence-electron chi connectivity index (χ1n) is 8.64. The van der Waals surface area contributed by atoms with Crippen LogP contribution in [0.15, 0.2) is 30.3 Å². The van der Waals surface area contributed by atoms with Gasteiger partial charge in [0, 0.05) is 25.2 Å². The summed E-state index contributed by atoms with van der Waals surface area (Å²) in [4.78, 5) is 14.4. The van der Waals surface area contributed by atoms with Crippen molar-refractivity contribution in [3.05, 3.63) is 35.9 Å². The van der Waals surface area contributed by atoms with Gasteiger partial charge in [-0.2, -0.15) is 0 Å². The van der Waals surface area contributed by atoms with Gasteiger partial charge in [-0.15, -0.1) is 0 Å². The van der Waals surface area contributed by atoms with E-state index in [4.69, 9.17) is 4.74 Å². The van der Waals surface area contributed by atoms with Crippen molar-refractivity contribution in [3.63, 3.8) is 0 Å². The average molecular weight is 318 g/mol. The second kappa shape index (κ2) is 7.82. The predicted octanol–water partition coefficient (Wildman–Crippen LogP) is 3.95. The van der Waals surface area contributed by atoms with Gasteiger partial charge in [-0.05, 0) is 46.1 Å². The SMILES string of the molecule is CC1[C@H](NCc2ccccc2)CCCCN1C(=O)OC(C)(C)C. The fraction of sp³-hybridized carbons (Fsp3) is 0.632. The Balaban J connectivity index is 1.98. The third-order valence-electron chi connectivity index (χ3n) is 4.28. The summed E-state index contributed by atoms with van der Waals surface area (Å²) >= 11 is 0. The number of hydrogen-bond acceptors (Lipinski definition) is 3. The van der Waals surface area contributed by atoms with E-state index < -0.39 is 5.60 Å². The number of nitrogens with one attached hydrogen (secondary N) is 1. The van der Waals surface area contributed by atoms with E-state index in [1.807, 2.05) is 31.7 Å². The fourth-order valence-corrected chi connectivity index (χ4v) is 3.00. The van der Waals surface area contributed by atoms with Crippen molar-refractivity contribution in [2.45, 2.75) is 71.2 Å². The summed E-state index contributed by atoms with van der Waals surface area (Å²) in [5.41, 5.74) is 0.823. The monoisotopic (exact) mass is 318 g/mol. The predicted molar refractivity (Wildman–Crippen MR) is 93.3 cm³/mol. The molecule has 1 aliphatic heterocycles. The Kier molecular flexibility index (Phi) is 6.05. The lowest BCUT2D eigenvalue weighted by Crippen LogP contribution is -2.50. The third-order valence-corrected chi connectivity index (χ3v) is 4.28. The van der Waals surface area contributed by atoms with E-state index >= 15 is 0 Å². The molecular formula is C19H30N2O2. The lowest BCUT2D eigenvalue weighted by atomic mass is 10.0. The summed E-state index contributed by atoms with van der Waals surface area (Å²) in [7, 11) is 0. The van der Waals surface area contributed by atoms with Gasteiger partial charge >= 0.3 is 6.09 Å². The van der Waals surface area contributed by atoms with Gasteiger partial charge < -0.3 is 15.0 Å². The van der Waals surface area contributed by atoms with Crippen LogP contribution in [0, 0.1) is 0 Å². The molecule has 0 aliphatic carbocycles. The van der Waals surface area contributed by atoms with E-state index in [0.29, 0.717) is 6.04 Å². The second-order valence-electron chi connectivity index (χ2n) is 7.38. The van der Waals surface area contributed by atoms with Gasteiger partial charge in [0.15, 0.2) is 0 Å². The Morgan fingerprint density at radius 3 is 2.61 bits per heavy atom. The molecule has 1 heterocycles. The molecule has 1 fully saturated rings. The second-order valence-corrected chi connectivity index (χ2v) is 7.38.